The lowest BCUT2D eigenvalue weighted by Crippen LogP contribution is -1.98. The zero-order valence-electron chi connectivity index (χ0n) is 14.7. The van der Waals surface area contributed by atoms with Gasteiger partial charge in [-0.3, -0.25) is 4.98 Å². The highest BCUT2D eigenvalue weighted by Crippen LogP contribution is 2.35. The van der Waals surface area contributed by atoms with E-state index in [0.717, 1.165) is 11.6 Å². The van der Waals surface area contributed by atoms with Gasteiger partial charge in [0, 0.05) is 34.6 Å². The third-order valence-corrected chi connectivity index (χ3v) is 4.36. The number of methoxy groups -OCH3 is 1. The van der Waals surface area contributed by atoms with E-state index >= 15 is 0 Å². The maximum absolute atomic E-state index is 14.3. The summed E-state index contributed by atoms with van der Waals surface area (Å²) in [4.78, 5) is 13.3. The van der Waals surface area contributed by atoms with Crippen molar-refractivity contribution in [2.24, 2.45) is 0 Å². The molecule has 0 amide bonds. The molecule has 4 nitrogen and oxygen atoms in total. The smallest absolute Gasteiger partial charge is 0.166 e. The average molecular weight is 363 g/mol. The zero-order valence-corrected chi connectivity index (χ0v) is 14.7. The second-order valence-electron chi connectivity index (χ2n) is 6.05. The Balaban J connectivity index is 1.97. The molecule has 4 aromatic rings. The molecular weight excluding hydrogens is 348 g/mol. The Kier molecular flexibility index (Phi) is 4.24. The van der Waals surface area contributed by atoms with Crippen LogP contribution in [0.2, 0.25) is 0 Å². The Labute approximate surface area is 154 Å². The largest absolute Gasteiger partial charge is 0.494 e. The number of halogens is 2. The van der Waals surface area contributed by atoms with Gasteiger partial charge in [0.2, 0.25) is 0 Å². The molecule has 0 bridgehead atoms. The van der Waals surface area contributed by atoms with Crippen molar-refractivity contribution in [3.63, 3.8) is 0 Å². The number of rotatable bonds is 3. The van der Waals surface area contributed by atoms with E-state index in [1.807, 2.05) is 19.1 Å². The van der Waals surface area contributed by atoms with Gasteiger partial charge in [-0.05, 0) is 42.8 Å². The van der Waals surface area contributed by atoms with Gasteiger partial charge in [-0.15, -0.1) is 0 Å². The van der Waals surface area contributed by atoms with Gasteiger partial charge in [-0.2, -0.15) is 0 Å². The van der Waals surface area contributed by atoms with E-state index in [1.54, 1.807) is 24.5 Å². The number of nitrogens with zero attached hydrogens (tertiary/aromatic N) is 3. The summed E-state index contributed by atoms with van der Waals surface area (Å²) in [5.41, 5.74) is 2.74. The van der Waals surface area contributed by atoms with Gasteiger partial charge in [0.25, 0.3) is 0 Å². The maximum atomic E-state index is 14.3. The highest BCUT2D eigenvalue weighted by Gasteiger charge is 2.16. The van der Waals surface area contributed by atoms with Crippen molar-refractivity contribution in [3.8, 4) is 28.3 Å². The van der Waals surface area contributed by atoms with Crippen LogP contribution < -0.4 is 4.74 Å². The number of benzene rings is 2. The summed E-state index contributed by atoms with van der Waals surface area (Å²) < 4.78 is 33.4. The van der Waals surface area contributed by atoms with Crippen LogP contribution in [0.15, 0.2) is 54.9 Å². The fourth-order valence-electron chi connectivity index (χ4n) is 3.01. The number of hydrogen-bond acceptors (Lipinski definition) is 4. The molecule has 0 fully saturated rings. The van der Waals surface area contributed by atoms with Gasteiger partial charge in [0.05, 0.1) is 7.11 Å². The highest BCUT2D eigenvalue weighted by molar-refractivity contribution is 5.92. The zero-order chi connectivity index (χ0) is 19.0. The molecule has 0 N–H and O–H groups in total. The van der Waals surface area contributed by atoms with Crippen LogP contribution in [0.25, 0.3) is 33.4 Å². The normalized spacial score (nSPS) is 11.0. The van der Waals surface area contributed by atoms with Crippen LogP contribution in [0.1, 0.15) is 5.69 Å². The van der Waals surface area contributed by atoms with E-state index in [1.165, 1.54) is 19.2 Å². The van der Waals surface area contributed by atoms with E-state index in [2.05, 4.69) is 15.0 Å². The van der Waals surface area contributed by atoms with Gasteiger partial charge in [0.1, 0.15) is 11.3 Å². The molecule has 4 rings (SSSR count). The Morgan fingerprint density at radius 1 is 0.963 bits per heavy atom. The monoisotopic (exact) mass is 363 g/mol. The molecule has 0 saturated carbocycles. The molecule has 0 atom stereocenters. The average Bonchev–Trinajstić information content (AvgIpc) is 2.70. The standard InChI is InChI=1S/C21H15F2N3O/c1-12-16-9-14(15-6-3-7-17(22)19(15)23)10-18(27-2)20(16)26-21(25-12)13-5-4-8-24-11-13/h3-11H,1-2H3. The van der Waals surface area contributed by atoms with Crippen molar-refractivity contribution in [1.82, 2.24) is 15.0 Å². The molecule has 0 radical (unpaired) electrons. The van der Waals surface area contributed by atoms with Crippen LogP contribution >= 0.6 is 0 Å². The summed E-state index contributed by atoms with van der Waals surface area (Å²) in [5, 5.41) is 0.709. The summed E-state index contributed by atoms with van der Waals surface area (Å²) in [5.74, 6) is -0.811. The topological polar surface area (TPSA) is 47.9 Å². The van der Waals surface area contributed by atoms with Crippen molar-refractivity contribution >= 4 is 10.9 Å². The third-order valence-electron chi connectivity index (χ3n) is 4.36. The highest BCUT2D eigenvalue weighted by atomic mass is 19.2. The minimum Gasteiger partial charge on any atom is -0.494 e. The molecule has 6 heteroatoms. The van der Waals surface area contributed by atoms with Gasteiger partial charge < -0.3 is 4.74 Å². The van der Waals surface area contributed by atoms with Crippen LogP contribution in [0.4, 0.5) is 8.78 Å². The SMILES string of the molecule is COc1cc(-c2cccc(F)c2F)cc2c(C)nc(-c3cccnc3)nc12. The molecule has 0 spiro atoms. The summed E-state index contributed by atoms with van der Waals surface area (Å²) in [6, 6.07) is 11.2. The molecule has 2 heterocycles. The second-order valence-corrected chi connectivity index (χ2v) is 6.05. The third kappa shape index (κ3) is 2.99. The minimum absolute atomic E-state index is 0.158. The summed E-state index contributed by atoms with van der Waals surface area (Å²) in [6.07, 6.45) is 3.36. The first-order chi connectivity index (χ1) is 13.1. The molecule has 0 unspecified atom stereocenters. The van der Waals surface area contributed by atoms with Crippen molar-refractivity contribution < 1.29 is 13.5 Å². The molecule has 2 aromatic carbocycles. The Morgan fingerprint density at radius 2 is 1.81 bits per heavy atom. The molecule has 0 aliphatic heterocycles. The minimum atomic E-state index is -0.899. The van der Waals surface area contributed by atoms with Crippen LogP contribution in [0.5, 0.6) is 5.75 Å². The Hall–Kier alpha value is -3.41. The molecule has 2 aromatic heterocycles. The van der Waals surface area contributed by atoms with Crippen molar-refractivity contribution in [2.75, 3.05) is 7.11 Å². The van der Waals surface area contributed by atoms with Crippen molar-refractivity contribution in [2.45, 2.75) is 6.92 Å². The number of fused-ring (bicyclic) bond motifs is 1. The summed E-state index contributed by atoms with van der Waals surface area (Å²) >= 11 is 0. The molecule has 27 heavy (non-hydrogen) atoms. The van der Waals surface area contributed by atoms with Crippen molar-refractivity contribution in [1.29, 1.82) is 0 Å². The van der Waals surface area contributed by atoms with E-state index in [4.69, 9.17) is 4.74 Å². The molecular formula is C21H15F2N3O. The first-order valence-electron chi connectivity index (χ1n) is 8.29. The lowest BCUT2D eigenvalue weighted by Gasteiger charge is -2.12. The number of hydrogen-bond donors (Lipinski definition) is 0. The van der Waals surface area contributed by atoms with Gasteiger partial charge >= 0.3 is 0 Å². The second kappa shape index (κ2) is 6.72. The maximum Gasteiger partial charge on any atom is 0.166 e. The van der Waals surface area contributed by atoms with Crippen LogP contribution in [-0.2, 0) is 0 Å². The fourth-order valence-corrected chi connectivity index (χ4v) is 3.01. The predicted molar refractivity (Wildman–Crippen MR) is 99.4 cm³/mol. The Bertz CT molecular complexity index is 1150. The van der Waals surface area contributed by atoms with E-state index in [9.17, 15) is 8.78 Å². The summed E-state index contributed by atoms with van der Waals surface area (Å²) in [7, 11) is 1.52. The number of aromatic nitrogens is 3. The van der Waals surface area contributed by atoms with E-state index < -0.39 is 11.6 Å². The predicted octanol–water partition coefficient (Wildman–Crippen LogP) is 4.95. The van der Waals surface area contributed by atoms with E-state index in [0.29, 0.717) is 33.7 Å². The first-order valence-corrected chi connectivity index (χ1v) is 8.29. The van der Waals surface area contributed by atoms with Crippen molar-refractivity contribution in [3.05, 3.63) is 72.2 Å². The fraction of sp³-hybridized carbons (Fsp3) is 0.0952. The van der Waals surface area contributed by atoms with Crippen LogP contribution in [-0.4, -0.2) is 22.1 Å². The van der Waals surface area contributed by atoms with Crippen LogP contribution in [0.3, 0.4) is 0 Å². The summed E-state index contributed by atoms with van der Waals surface area (Å²) in [6.45, 7) is 1.84. The van der Waals surface area contributed by atoms with Gasteiger partial charge in [-0.1, -0.05) is 12.1 Å². The number of aryl methyl sites for hydroxylation is 1. The first kappa shape index (κ1) is 17.0. The quantitative estimate of drug-likeness (QED) is 0.516. The van der Waals surface area contributed by atoms with Crippen LogP contribution in [0, 0.1) is 18.6 Å². The molecule has 0 aliphatic rings. The molecule has 0 saturated heterocycles. The lowest BCUT2D eigenvalue weighted by molar-refractivity contribution is 0.419. The van der Waals surface area contributed by atoms with Gasteiger partial charge in [0.15, 0.2) is 17.5 Å². The van der Waals surface area contributed by atoms with Gasteiger partial charge in [-0.25, -0.2) is 18.7 Å². The molecule has 0 aliphatic carbocycles. The lowest BCUT2D eigenvalue weighted by atomic mass is 10.0. The Morgan fingerprint density at radius 3 is 2.56 bits per heavy atom. The number of ether oxygens (including phenoxy) is 1. The van der Waals surface area contributed by atoms with E-state index in [-0.39, 0.29) is 5.56 Å². The molecule has 134 valence electrons. The number of pyridine rings is 1.